The molecule has 3 aliphatic rings. The van der Waals surface area contributed by atoms with Crippen LogP contribution in [0.25, 0.3) is 0 Å². The molecule has 1 aromatic carbocycles. The lowest BCUT2D eigenvalue weighted by atomic mass is 9.67. The van der Waals surface area contributed by atoms with Crippen molar-refractivity contribution in [3.63, 3.8) is 0 Å². The van der Waals surface area contributed by atoms with Gasteiger partial charge in [-0.25, -0.2) is 17.6 Å². The van der Waals surface area contributed by atoms with E-state index in [2.05, 4.69) is 6.92 Å². The minimum Gasteiger partial charge on any atom is -0.203 e. The van der Waals surface area contributed by atoms with Crippen LogP contribution >= 0.6 is 0 Å². The zero-order valence-corrected chi connectivity index (χ0v) is 16.3. The molecule has 0 nitrogen and oxygen atoms in total. The van der Waals surface area contributed by atoms with Gasteiger partial charge >= 0.3 is 0 Å². The molecule has 1 unspecified atom stereocenters. The predicted molar refractivity (Wildman–Crippen MR) is 98.8 cm³/mol. The maximum Gasteiger partial charge on any atom is 0.279 e. The fraction of sp³-hybridized carbons (Fsp3) is 0.739. The van der Waals surface area contributed by atoms with Crippen LogP contribution in [-0.4, -0.2) is 0 Å². The van der Waals surface area contributed by atoms with Gasteiger partial charge in [0.05, 0.1) is 5.56 Å². The molecule has 4 rings (SSSR count). The lowest BCUT2D eigenvalue weighted by molar-refractivity contribution is -0.0856. The highest BCUT2D eigenvalue weighted by Gasteiger charge is 2.54. The molecule has 0 N–H and O–H groups in total. The van der Waals surface area contributed by atoms with Gasteiger partial charge < -0.3 is 0 Å². The molecule has 0 amide bonds. The smallest absolute Gasteiger partial charge is 0.203 e. The van der Waals surface area contributed by atoms with Gasteiger partial charge in [-0.05, 0) is 86.7 Å². The zero-order chi connectivity index (χ0) is 19.3. The number of hydrogen-bond donors (Lipinski definition) is 0. The lowest BCUT2D eigenvalue weighted by Gasteiger charge is -2.39. The minimum absolute atomic E-state index is 0.0890. The average Bonchev–Trinajstić information content (AvgIpc) is 2.91. The molecule has 0 saturated heterocycles. The van der Waals surface area contributed by atoms with E-state index in [-0.39, 0.29) is 17.9 Å². The minimum atomic E-state index is -3.26. The van der Waals surface area contributed by atoms with Gasteiger partial charge in [0.15, 0.2) is 11.6 Å². The summed E-state index contributed by atoms with van der Waals surface area (Å²) in [5, 5.41) is 0. The molecule has 0 bridgehead atoms. The van der Waals surface area contributed by atoms with Gasteiger partial charge in [-0.1, -0.05) is 25.8 Å². The zero-order valence-electron chi connectivity index (χ0n) is 16.3. The van der Waals surface area contributed by atoms with Gasteiger partial charge in [-0.3, -0.25) is 0 Å². The third-order valence-electron chi connectivity index (χ3n) is 7.82. The second-order valence-electron chi connectivity index (χ2n) is 9.48. The van der Waals surface area contributed by atoms with Gasteiger partial charge in [0.2, 0.25) is 0 Å². The Balaban J connectivity index is 1.45. The van der Waals surface area contributed by atoms with Crippen molar-refractivity contribution >= 4 is 0 Å². The molecule has 0 spiro atoms. The summed E-state index contributed by atoms with van der Waals surface area (Å²) in [6.07, 6.45) is 8.97. The van der Waals surface area contributed by atoms with Crippen LogP contribution < -0.4 is 0 Å². The molecule has 0 aliphatic heterocycles. The van der Waals surface area contributed by atoms with E-state index in [0.717, 1.165) is 37.5 Å². The summed E-state index contributed by atoms with van der Waals surface area (Å²) in [4.78, 5) is 0. The van der Waals surface area contributed by atoms with Crippen molar-refractivity contribution in [2.75, 3.05) is 0 Å². The summed E-state index contributed by atoms with van der Waals surface area (Å²) in [5.74, 6) is -4.42. The van der Waals surface area contributed by atoms with E-state index in [4.69, 9.17) is 0 Å². The first-order valence-corrected chi connectivity index (χ1v) is 10.6. The maximum absolute atomic E-state index is 15.0. The van der Waals surface area contributed by atoms with Crippen molar-refractivity contribution in [3.8, 4) is 0 Å². The van der Waals surface area contributed by atoms with Gasteiger partial charge in [-0.2, -0.15) is 0 Å². The number of rotatable bonds is 2. The van der Waals surface area contributed by atoms with Gasteiger partial charge in [0.1, 0.15) is 0 Å². The van der Waals surface area contributed by atoms with Crippen LogP contribution in [0.1, 0.15) is 75.0 Å². The van der Waals surface area contributed by atoms with Crippen LogP contribution in [-0.2, 0) is 12.3 Å². The molecular weight excluding hydrogens is 352 g/mol. The van der Waals surface area contributed by atoms with Crippen LogP contribution in [0.15, 0.2) is 6.07 Å². The molecule has 2 saturated carbocycles. The summed E-state index contributed by atoms with van der Waals surface area (Å²) in [6.45, 7) is 3.76. The van der Waals surface area contributed by atoms with E-state index in [1.807, 2.05) is 0 Å². The molecule has 0 aromatic heterocycles. The molecule has 1 atom stereocenters. The number of hydrogen-bond acceptors (Lipinski definition) is 0. The van der Waals surface area contributed by atoms with E-state index in [9.17, 15) is 8.78 Å². The Morgan fingerprint density at radius 1 is 0.815 bits per heavy atom. The Morgan fingerprint density at radius 2 is 1.33 bits per heavy atom. The third kappa shape index (κ3) is 3.31. The molecule has 1 aromatic rings. The first kappa shape index (κ1) is 19.3. The Morgan fingerprint density at radius 3 is 1.93 bits per heavy atom. The Bertz CT molecular complexity index is 695. The number of aryl methyl sites for hydroxylation is 1. The molecule has 4 heteroatoms. The molecule has 150 valence electrons. The standard InChI is InChI=1S/C23H30F4/c1-13-3-5-15(6-4-13)16-7-9-17(10-8-16)19-12-18-11-14(2)21(24)22(25)20(18)23(19,26)27/h11,13,15-17,19H,3-10,12H2,1-2H3. The van der Waals surface area contributed by atoms with Crippen molar-refractivity contribution < 1.29 is 17.6 Å². The second-order valence-corrected chi connectivity index (χ2v) is 9.48. The van der Waals surface area contributed by atoms with Crippen LogP contribution in [0.4, 0.5) is 17.6 Å². The predicted octanol–water partition coefficient (Wildman–Crippen LogP) is 7.17. The van der Waals surface area contributed by atoms with E-state index in [1.165, 1.54) is 38.7 Å². The fourth-order valence-corrected chi connectivity index (χ4v) is 6.13. The number of fused-ring (bicyclic) bond motifs is 1. The van der Waals surface area contributed by atoms with E-state index in [0.29, 0.717) is 11.5 Å². The third-order valence-corrected chi connectivity index (χ3v) is 7.82. The largest absolute Gasteiger partial charge is 0.279 e. The molecule has 0 radical (unpaired) electrons. The van der Waals surface area contributed by atoms with Crippen LogP contribution in [0.2, 0.25) is 0 Å². The quantitative estimate of drug-likeness (QED) is 0.476. The topological polar surface area (TPSA) is 0 Å². The van der Waals surface area contributed by atoms with Crippen LogP contribution in [0, 0.1) is 48.1 Å². The van der Waals surface area contributed by atoms with Crippen molar-refractivity contribution in [1.29, 1.82) is 0 Å². The van der Waals surface area contributed by atoms with E-state index < -0.39 is 29.0 Å². The van der Waals surface area contributed by atoms with Gasteiger partial charge in [0, 0.05) is 5.92 Å². The van der Waals surface area contributed by atoms with Crippen molar-refractivity contribution in [2.45, 2.75) is 77.6 Å². The second kappa shape index (κ2) is 7.08. The monoisotopic (exact) mass is 382 g/mol. The molecule has 2 fully saturated rings. The van der Waals surface area contributed by atoms with Crippen LogP contribution in [0.3, 0.4) is 0 Å². The highest BCUT2D eigenvalue weighted by atomic mass is 19.3. The summed E-state index contributed by atoms with van der Waals surface area (Å²) in [5.41, 5.74) is -0.235. The SMILES string of the molecule is Cc1cc2c(c(F)c1F)C(F)(F)C(C1CCC(C3CCC(C)CC3)CC1)C2. The number of halogens is 4. The van der Waals surface area contributed by atoms with Crippen molar-refractivity contribution in [2.24, 2.45) is 29.6 Å². The number of alkyl halides is 2. The summed E-state index contributed by atoms with van der Waals surface area (Å²) in [6, 6.07) is 1.43. The van der Waals surface area contributed by atoms with Gasteiger partial charge in [-0.15, -0.1) is 0 Å². The summed E-state index contributed by atoms with van der Waals surface area (Å²) in [7, 11) is 0. The number of benzene rings is 1. The van der Waals surface area contributed by atoms with Crippen molar-refractivity contribution in [3.05, 3.63) is 34.4 Å². The molecule has 27 heavy (non-hydrogen) atoms. The Kier molecular flexibility index (Phi) is 5.05. The first-order valence-electron chi connectivity index (χ1n) is 10.6. The molecule has 3 aliphatic carbocycles. The Hall–Kier alpha value is -1.06. The fourth-order valence-electron chi connectivity index (χ4n) is 6.13. The van der Waals surface area contributed by atoms with Crippen LogP contribution in [0.5, 0.6) is 0 Å². The highest BCUT2D eigenvalue weighted by Crippen LogP contribution is 2.54. The van der Waals surface area contributed by atoms with E-state index >= 15 is 8.78 Å². The van der Waals surface area contributed by atoms with Crippen molar-refractivity contribution in [1.82, 2.24) is 0 Å². The Labute approximate surface area is 159 Å². The van der Waals surface area contributed by atoms with E-state index in [1.54, 1.807) is 0 Å². The summed E-state index contributed by atoms with van der Waals surface area (Å²) < 4.78 is 58.2. The molecular formula is C23H30F4. The summed E-state index contributed by atoms with van der Waals surface area (Å²) >= 11 is 0. The molecule has 0 heterocycles. The normalized spacial score (nSPS) is 35.9. The average molecular weight is 382 g/mol. The maximum atomic E-state index is 15.0. The first-order chi connectivity index (χ1) is 12.8. The lowest BCUT2D eigenvalue weighted by Crippen LogP contribution is -2.33. The van der Waals surface area contributed by atoms with Gasteiger partial charge in [0.25, 0.3) is 5.92 Å². The highest BCUT2D eigenvalue weighted by molar-refractivity contribution is 5.42.